The van der Waals surface area contributed by atoms with Gasteiger partial charge in [-0.2, -0.15) is 0 Å². The van der Waals surface area contributed by atoms with Gasteiger partial charge in [0.25, 0.3) is 0 Å². The number of hydrogen-bond donors (Lipinski definition) is 1. The van der Waals surface area contributed by atoms with Crippen molar-refractivity contribution >= 4 is 5.91 Å². The van der Waals surface area contributed by atoms with E-state index in [1.807, 2.05) is 0 Å². The van der Waals surface area contributed by atoms with E-state index in [1.165, 1.54) is 24.8 Å². The molecule has 5 nitrogen and oxygen atoms in total. The zero-order valence-electron chi connectivity index (χ0n) is 14.5. The minimum atomic E-state index is 0.167. The fourth-order valence-corrected chi connectivity index (χ4v) is 3.62. The highest BCUT2D eigenvalue weighted by Crippen LogP contribution is 2.36. The van der Waals surface area contributed by atoms with Crippen LogP contribution >= 0.6 is 0 Å². The lowest BCUT2D eigenvalue weighted by molar-refractivity contribution is -0.121. The molecule has 128 valence electrons. The van der Waals surface area contributed by atoms with E-state index in [1.54, 1.807) is 0 Å². The fourth-order valence-electron chi connectivity index (χ4n) is 3.62. The topological polar surface area (TPSA) is 58.4 Å². The van der Waals surface area contributed by atoms with Gasteiger partial charge < -0.3 is 9.84 Å². The number of rotatable bonds is 2. The maximum Gasteiger partial charge on any atom is 0.221 e. The molecule has 0 saturated carbocycles. The van der Waals surface area contributed by atoms with Crippen LogP contribution in [0.4, 0.5) is 0 Å². The molecule has 0 radical (unpaired) electrons. The molecule has 1 aromatic heterocycles. The molecule has 2 heterocycles. The molecule has 3 rings (SSSR count). The molecule has 1 aromatic rings. The van der Waals surface area contributed by atoms with E-state index >= 15 is 0 Å². The van der Waals surface area contributed by atoms with Gasteiger partial charge in [-0.3, -0.25) is 9.69 Å². The molecule has 1 N–H and O–H groups in total. The lowest BCUT2D eigenvalue weighted by Gasteiger charge is -2.29. The Balaban J connectivity index is 1.67. The molecular weight excluding hydrogens is 290 g/mol. The third-order valence-corrected chi connectivity index (χ3v) is 5.14. The number of nitrogens with zero attached hydrogens (tertiary/aromatic N) is 2. The highest BCUT2D eigenvalue weighted by Gasteiger charge is 2.31. The van der Waals surface area contributed by atoms with Gasteiger partial charge in [0.15, 0.2) is 0 Å². The van der Waals surface area contributed by atoms with E-state index < -0.39 is 0 Å². The van der Waals surface area contributed by atoms with Crippen LogP contribution < -0.4 is 5.32 Å². The first-order valence-corrected chi connectivity index (χ1v) is 8.99. The second kappa shape index (κ2) is 7.04. The molecule has 5 heteroatoms. The summed E-state index contributed by atoms with van der Waals surface area (Å²) >= 11 is 0. The Bertz CT molecular complexity index is 550. The van der Waals surface area contributed by atoms with Gasteiger partial charge in [0.2, 0.25) is 5.91 Å². The van der Waals surface area contributed by atoms with Gasteiger partial charge in [-0.25, -0.2) is 0 Å². The first-order valence-electron chi connectivity index (χ1n) is 8.99. The number of fused-ring (bicyclic) bond motifs is 1. The number of aromatic nitrogens is 1. The van der Waals surface area contributed by atoms with Crippen molar-refractivity contribution in [2.75, 3.05) is 19.6 Å². The number of amides is 1. The number of aryl methyl sites for hydroxylation is 1. The maximum absolute atomic E-state index is 11.8. The third-order valence-electron chi connectivity index (χ3n) is 5.14. The molecule has 1 aliphatic carbocycles. The molecule has 1 fully saturated rings. The standard InChI is InChI=1S/C18H29N3O2/c1-18(2)8-6-16-14(12-18)15(20-23-16)13-21-10-5-3-4-9-19-17(22)7-11-21/h3-13H2,1-2H3,(H,19,22). The molecular formula is C18H29N3O2. The first-order chi connectivity index (χ1) is 11.0. The van der Waals surface area contributed by atoms with Crippen LogP contribution in [0.25, 0.3) is 0 Å². The van der Waals surface area contributed by atoms with E-state index in [4.69, 9.17) is 4.52 Å². The molecule has 0 bridgehead atoms. The van der Waals surface area contributed by atoms with Gasteiger partial charge in [-0.1, -0.05) is 25.4 Å². The summed E-state index contributed by atoms with van der Waals surface area (Å²) in [6.07, 6.45) is 7.21. The minimum absolute atomic E-state index is 0.167. The van der Waals surface area contributed by atoms with Crippen molar-refractivity contribution in [1.29, 1.82) is 0 Å². The van der Waals surface area contributed by atoms with Crippen LogP contribution in [0.3, 0.4) is 0 Å². The Kier molecular flexibility index (Phi) is 5.05. The predicted octanol–water partition coefficient (Wildman–Crippen LogP) is 2.68. The van der Waals surface area contributed by atoms with Crippen molar-refractivity contribution in [2.45, 2.75) is 65.3 Å². The molecule has 1 amide bonds. The van der Waals surface area contributed by atoms with E-state index in [0.29, 0.717) is 11.8 Å². The van der Waals surface area contributed by atoms with Gasteiger partial charge in [-0.05, 0) is 37.6 Å². The second-order valence-corrected chi connectivity index (χ2v) is 7.81. The molecule has 1 aliphatic heterocycles. The quantitative estimate of drug-likeness (QED) is 0.910. The van der Waals surface area contributed by atoms with E-state index in [2.05, 4.69) is 29.2 Å². The summed E-state index contributed by atoms with van der Waals surface area (Å²) in [6.45, 7) is 8.11. The van der Waals surface area contributed by atoms with Gasteiger partial charge in [0.1, 0.15) is 11.5 Å². The van der Waals surface area contributed by atoms with Crippen LogP contribution in [0.15, 0.2) is 4.52 Å². The molecule has 0 aromatic carbocycles. The van der Waals surface area contributed by atoms with Crippen LogP contribution in [0.1, 0.15) is 63.0 Å². The summed E-state index contributed by atoms with van der Waals surface area (Å²) < 4.78 is 5.59. The van der Waals surface area contributed by atoms with Crippen molar-refractivity contribution in [2.24, 2.45) is 5.41 Å². The van der Waals surface area contributed by atoms with Crippen molar-refractivity contribution < 1.29 is 9.32 Å². The molecule has 0 unspecified atom stereocenters. The summed E-state index contributed by atoms with van der Waals surface area (Å²) in [7, 11) is 0. The van der Waals surface area contributed by atoms with Crippen molar-refractivity contribution in [3.05, 3.63) is 17.0 Å². The fraction of sp³-hybridized carbons (Fsp3) is 0.778. The zero-order chi connectivity index (χ0) is 16.3. The van der Waals surface area contributed by atoms with Gasteiger partial charge in [0.05, 0.1) is 0 Å². The average molecular weight is 319 g/mol. The van der Waals surface area contributed by atoms with E-state index in [-0.39, 0.29) is 5.91 Å². The molecule has 23 heavy (non-hydrogen) atoms. The first kappa shape index (κ1) is 16.5. The van der Waals surface area contributed by atoms with Gasteiger partial charge >= 0.3 is 0 Å². The van der Waals surface area contributed by atoms with Crippen LogP contribution in [0.2, 0.25) is 0 Å². The number of carbonyl (C=O) groups is 1. The second-order valence-electron chi connectivity index (χ2n) is 7.81. The minimum Gasteiger partial charge on any atom is -0.361 e. The summed E-state index contributed by atoms with van der Waals surface area (Å²) in [5.41, 5.74) is 2.74. The Hall–Kier alpha value is -1.36. The van der Waals surface area contributed by atoms with Crippen LogP contribution in [-0.4, -0.2) is 35.6 Å². The number of hydrogen-bond acceptors (Lipinski definition) is 4. The molecule has 0 spiro atoms. The Morgan fingerprint density at radius 3 is 2.96 bits per heavy atom. The normalized spacial score (nSPS) is 23.1. The Labute approximate surface area is 138 Å². The highest BCUT2D eigenvalue weighted by atomic mass is 16.5. The highest BCUT2D eigenvalue weighted by molar-refractivity contribution is 5.76. The third kappa shape index (κ3) is 4.34. The Morgan fingerprint density at radius 1 is 1.22 bits per heavy atom. The maximum atomic E-state index is 11.8. The summed E-state index contributed by atoms with van der Waals surface area (Å²) in [5, 5.41) is 7.35. The van der Waals surface area contributed by atoms with Crippen LogP contribution in [0, 0.1) is 5.41 Å². The van der Waals surface area contributed by atoms with Crippen molar-refractivity contribution in [3.63, 3.8) is 0 Å². The van der Waals surface area contributed by atoms with Gasteiger partial charge in [0, 0.05) is 38.0 Å². The largest absolute Gasteiger partial charge is 0.361 e. The monoisotopic (exact) mass is 319 g/mol. The lowest BCUT2D eigenvalue weighted by atomic mass is 9.76. The lowest BCUT2D eigenvalue weighted by Crippen LogP contribution is -2.33. The average Bonchev–Trinajstić information content (AvgIpc) is 2.89. The molecule has 1 saturated heterocycles. The van der Waals surface area contributed by atoms with Crippen molar-refractivity contribution in [1.82, 2.24) is 15.4 Å². The number of nitrogens with one attached hydrogen (secondary N) is 1. The molecule has 2 aliphatic rings. The van der Waals surface area contributed by atoms with Crippen LogP contribution in [0.5, 0.6) is 0 Å². The summed E-state index contributed by atoms with van der Waals surface area (Å²) in [5.74, 6) is 1.25. The van der Waals surface area contributed by atoms with Gasteiger partial charge in [-0.15, -0.1) is 0 Å². The molecule has 0 atom stereocenters. The predicted molar refractivity (Wildman–Crippen MR) is 89.1 cm³/mol. The van der Waals surface area contributed by atoms with Crippen LogP contribution in [-0.2, 0) is 24.2 Å². The summed E-state index contributed by atoms with van der Waals surface area (Å²) in [4.78, 5) is 14.2. The smallest absolute Gasteiger partial charge is 0.221 e. The van der Waals surface area contributed by atoms with Crippen molar-refractivity contribution in [3.8, 4) is 0 Å². The zero-order valence-corrected chi connectivity index (χ0v) is 14.5. The SMILES string of the molecule is CC1(C)CCc2onc(CN3CCCCCNC(=O)CC3)c2C1. The number of carbonyl (C=O) groups excluding carboxylic acids is 1. The van der Waals surface area contributed by atoms with E-state index in [9.17, 15) is 4.79 Å². The summed E-state index contributed by atoms with van der Waals surface area (Å²) in [6, 6.07) is 0. The Morgan fingerprint density at radius 2 is 2.09 bits per heavy atom. The van der Waals surface area contributed by atoms with E-state index in [0.717, 1.165) is 56.9 Å².